The molecule has 0 radical (unpaired) electrons. The molecule has 0 saturated heterocycles. The summed E-state index contributed by atoms with van der Waals surface area (Å²) in [6.07, 6.45) is 1.66. The van der Waals surface area contributed by atoms with Gasteiger partial charge >= 0.3 is 0 Å². The molecule has 2 aromatic heterocycles. The molecule has 0 bridgehead atoms. The van der Waals surface area contributed by atoms with Crippen molar-refractivity contribution in [1.82, 2.24) is 14.9 Å². The van der Waals surface area contributed by atoms with Gasteiger partial charge in [-0.2, -0.15) is 0 Å². The van der Waals surface area contributed by atoms with Crippen molar-refractivity contribution in [2.75, 3.05) is 20.3 Å². The monoisotopic (exact) mass is 505 g/mol. The van der Waals surface area contributed by atoms with Gasteiger partial charge in [-0.25, -0.2) is 4.98 Å². The van der Waals surface area contributed by atoms with Gasteiger partial charge in [-0.3, -0.25) is 19.5 Å². The van der Waals surface area contributed by atoms with Crippen LogP contribution in [0, 0.1) is 6.92 Å². The average Bonchev–Trinajstić information content (AvgIpc) is 3.18. The molecular formula is C30H23N3O5. The predicted molar refractivity (Wildman–Crippen MR) is 142 cm³/mol. The van der Waals surface area contributed by atoms with Gasteiger partial charge in [0.2, 0.25) is 0 Å². The number of nitrogens with zero attached hydrogens (tertiary/aromatic N) is 3. The highest BCUT2D eigenvalue weighted by Crippen LogP contribution is 2.38. The van der Waals surface area contributed by atoms with Crippen LogP contribution >= 0.6 is 0 Å². The maximum Gasteiger partial charge on any atom is 0.261 e. The molecule has 1 aliphatic rings. The number of para-hydroxylation sites is 1. The normalized spacial score (nSPS) is 12.7. The Bertz CT molecular complexity index is 1700. The van der Waals surface area contributed by atoms with Gasteiger partial charge in [-0.15, -0.1) is 0 Å². The van der Waals surface area contributed by atoms with Crippen LogP contribution < -0.4 is 14.2 Å². The second-order valence-electron chi connectivity index (χ2n) is 8.85. The summed E-state index contributed by atoms with van der Waals surface area (Å²) in [5.74, 6) is 1.54. The number of hydrogen-bond donors (Lipinski definition) is 0. The molecule has 0 aliphatic carbocycles. The minimum absolute atomic E-state index is 0.103. The minimum atomic E-state index is -0.318. The summed E-state index contributed by atoms with van der Waals surface area (Å²) >= 11 is 0. The summed E-state index contributed by atoms with van der Waals surface area (Å²) in [6.45, 7) is 2.12. The molecule has 6 rings (SSSR count). The molecule has 0 unspecified atom stereocenters. The summed E-state index contributed by atoms with van der Waals surface area (Å²) in [6, 6.07) is 22.0. The maximum absolute atomic E-state index is 12.6. The Kier molecular flexibility index (Phi) is 5.84. The summed E-state index contributed by atoms with van der Waals surface area (Å²) < 4.78 is 17.8. The number of aryl methyl sites for hydroxylation is 1. The zero-order valence-electron chi connectivity index (χ0n) is 20.8. The van der Waals surface area contributed by atoms with Gasteiger partial charge in [0.25, 0.3) is 11.8 Å². The predicted octanol–water partition coefficient (Wildman–Crippen LogP) is 5.57. The van der Waals surface area contributed by atoms with E-state index in [0.717, 1.165) is 22.0 Å². The van der Waals surface area contributed by atoms with Crippen molar-refractivity contribution in [2.45, 2.75) is 6.92 Å². The number of imide groups is 1. The van der Waals surface area contributed by atoms with Crippen molar-refractivity contribution in [3.63, 3.8) is 0 Å². The first-order valence-corrected chi connectivity index (χ1v) is 12.1. The van der Waals surface area contributed by atoms with E-state index < -0.39 is 0 Å². The van der Waals surface area contributed by atoms with E-state index in [4.69, 9.17) is 14.2 Å². The fourth-order valence-corrected chi connectivity index (χ4v) is 4.59. The molecule has 5 aromatic rings. The number of ether oxygens (including phenoxy) is 3. The van der Waals surface area contributed by atoms with Crippen molar-refractivity contribution in [3.8, 4) is 23.0 Å². The number of benzene rings is 3. The van der Waals surface area contributed by atoms with Crippen LogP contribution in [0.2, 0.25) is 0 Å². The van der Waals surface area contributed by atoms with E-state index in [1.165, 1.54) is 4.90 Å². The number of fused-ring (bicyclic) bond motifs is 3. The van der Waals surface area contributed by atoms with Gasteiger partial charge in [0.05, 0.1) is 41.5 Å². The van der Waals surface area contributed by atoms with E-state index >= 15 is 0 Å². The molecule has 188 valence electrons. The third-order valence-corrected chi connectivity index (χ3v) is 6.53. The molecular weight excluding hydrogens is 482 g/mol. The van der Waals surface area contributed by atoms with Crippen LogP contribution in [0.5, 0.6) is 23.0 Å². The van der Waals surface area contributed by atoms with Gasteiger partial charge in [0, 0.05) is 23.0 Å². The molecule has 2 amide bonds. The van der Waals surface area contributed by atoms with Gasteiger partial charge < -0.3 is 14.2 Å². The molecule has 8 nitrogen and oxygen atoms in total. The lowest BCUT2D eigenvalue weighted by Gasteiger charge is -2.17. The molecule has 0 saturated carbocycles. The zero-order chi connectivity index (χ0) is 26.2. The van der Waals surface area contributed by atoms with E-state index in [1.54, 1.807) is 55.8 Å². The molecule has 0 spiro atoms. The van der Waals surface area contributed by atoms with Crippen molar-refractivity contribution in [3.05, 3.63) is 95.8 Å². The van der Waals surface area contributed by atoms with Crippen LogP contribution in [0.1, 0.15) is 26.4 Å². The van der Waals surface area contributed by atoms with E-state index in [9.17, 15) is 9.59 Å². The highest BCUT2D eigenvalue weighted by atomic mass is 16.5. The Hall–Kier alpha value is -4.98. The largest absolute Gasteiger partial charge is 0.493 e. The molecule has 38 heavy (non-hydrogen) atoms. The third kappa shape index (κ3) is 4.06. The summed E-state index contributed by atoms with van der Waals surface area (Å²) in [5, 5.41) is 1.72. The number of methoxy groups -OCH3 is 1. The Morgan fingerprint density at radius 2 is 1.53 bits per heavy atom. The number of aromatic nitrogens is 2. The van der Waals surface area contributed by atoms with Crippen molar-refractivity contribution in [1.29, 1.82) is 0 Å². The van der Waals surface area contributed by atoms with Crippen LogP contribution in [0.25, 0.3) is 21.8 Å². The van der Waals surface area contributed by atoms with Crippen molar-refractivity contribution < 1.29 is 23.8 Å². The zero-order valence-corrected chi connectivity index (χ0v) is 20.8. The molecule has 8 heteroatoms. The lowest BCUT2D eigenvalue weighted by Crippen LogP contribution is -2.33. The highest BCUT2D eigenvalue weighted by molar-refractivity contribution is 6.21. The van der Waals surface area contributed by atoms with Crippen molar-refractivity contribution >= 4 is 33.6 Å². The first-order chi connectivity index (χ1) is 18.5. The lowest BCUT2D eigenvalue weighted by molar-refractivity contribution is 0.0631. The molecule has 0 N–H and O–H groups in total. The fraction of sp³-hybridized carbons (Fsp3) is 0.133. The van der Waals surface area contributed by atoms with Crippen LogP contribution in [0.4, 0.5) is 0 Å². The standard InChI is InChI=1S/C30H23N3O5/c1-18-26(15-19-7-3-6-10-23(19)32-18)38-25-11-12-31-24-17-28(27(36-2)16-22(24)25)37-14-13-33-29(34)20-8-4-5-9-21(20)30(33)35/h3-12,15-17H,13-14H2,1-2H3. The van der Waals surface area contributed by atoms with Crippen LogP contribution in [0.15, 0.2) is 79.0 Å². The smallest absolute Gasteiger partial charge is 0.261 e. The van der Waals surface area contributed by atoms with Crippen LogP contribution in [-0.4, -0.2) is 46.9 Å². The highest BCUT2D eigenvalue weighted by Gasteiger charge is 2.34. The topological polar surface area (TPSA) is 90.8 Å². The number of rotatable bonds is 7. The summed E-state index contributed by atoms with van der Waals surface area (Å²) in [5.41, 5.74) is 3.14. The van der Waals surface area contributed by atoms with Gasteiger partial charge in [0.15, 0.2) is 11.5 Å². The molecule has 0 atom stereocenters. The number of hydrogen-bond acceptors (Lipinski definition) is 7. The summed E-state index contributed by atoms with van der Waals surface area (Å²) in [4.78, 5) is 35.6. The second-order valence-corrected chi connectivity index (χ2v) is 8.85. The number of pyridine rings is 2. The second kappa shape index (κ2) is 9.48. The molecule has 3 aromatic carbocycles. The number of carbonyl (C=O) groups excluding carboxylic acids is 2. The Balaban J connectivity index is 1.24. The Labute approximate surface area is 218 Å². The first-order valence-electron chi connectivity index (χ1n) is 12.1. The molecule has 1 aliphatic heterocycles. The molecule has 0 fully saturated rings. The van der Waals surface area contributed by atoms with Gasteiger partial charge in [-0.05, 0) is 43.3 Å². The van der Waals surface area contributed by atoms with Gasteiger partial charge in [0.1, 0.15) is 18.1 Å². The number of amides is 2. The number of carbonyl (C=O) groups is 2. The van der Waals surface area contributed by atoms with Crippen LogP contribution in [-0.2, 0) is 0 Å². The van der Waals surface area contributed by atoms with Crippen molar-refractivity contribution in [2.24, 2.45) is 0 Å². The first kappa shape index (κ1) is 23.4. The SMILES string of the molecule is COc1cc2c(Oc3cc4ccccc4nc3C)ccnc2cc1OCCN1C(=O)c2ccccc2C1=O. The van der Waals surface area contributed by atoms with E-state index in [1.807, 2.05) is 37.3 Å². The van der Waals surface area contributed by atoms with Crippen LogP contribution in [0.3, 0.4) is 0 Å². The fourth-order valence-electron chi connectivity index (χ4n) is 4.59. The lowest BCUT2D eigenvalue weighted by atomic mass is 10.1. The minimum Gasteiger partial charge on any atom is -0.493 e. The average molecular weight is 506 g/mol. The van der Waals surface area contributed by atoms with E-state index in [0.29, 0.717) is 39.6 Å². The Morgan fingerprint density at radius 1 is 0.789 bits per heavy atom. The molecule has 3 heterocycles. The summed E-state index contributed by atoms with van der Waals surface area (Å²) in [7, 11) is 1.55. The maximum atomic E-state index is 12.6. The van der Waals surface area contributed by atoms with E-state index in [2.05, 4.69) is 9.97 Å². The quantitative estimate of drug-likeness (QED) is 0.267. The van der Waals surface area contributed by atoms with Gasteiger partial charge in [-0.1, -0.05) is 30.3 Å². The Morgan fingerprint density at radius 3 is 2.29 bits per heavy atom. The van der Waals surface area contributed by atoms with E-state index in [-0.39, 0.29) is 25.0 Å². The third-order valence-electron chi connectivity index (χ3n) is 6.53.